The van der Waals surface area contributed by atoms with Crippen molar-refractivity contribution < 1.29 is 4.79 Å². The van der Waals surface area contributed by atoms with Crippen molar-refractivity contribution in [2.75, 3.05) is 0 Å². The van der Waals surface area contributed by atoms with Crippen LogP contribution in [0.2, 0.25) is 0 Å². The molecule has 1 atom stereocenters. The van der Waals surface area contributed by atoms with Gasteiger partial charge in [0, 0.05) is 11.6 Å². The molecule has 0 aliphatic rings. The Morgan fingerprint density at radius 2 is 1.83 bits per heavy atom. The molecular weight excluding hydrogens is 284 g/mol. The van der Waals surface area contributed by atoms with Crippen molar-refractivity contribution in [3.63, 3.8) is 0 Å². The van der Waals surface area contributed by atoms with Crippen molar-refractivity contribution in [2.45, 2.75) is 39.7 Å². The number of rotatable bonds is 5. The molecule has 3 heteroatoms. The molecular formula is C20H22N2O. The van der Waals surface area contributed by atoms with E-state index in [4.69, 9.17) is 5.26 Å². The second-order valence-electron chi connectivity index (χ2n) is 6.07. The molecule has 0 fully saturated rings. The number of nitrogens with zero attached hydrogens (tertiary/aromatic N) is 1. The fraction of sp³-hybridized carbons (Fsp3) is 0.300. The molecule has 0 bridgehead atoms. The summed E-state index contributed by atoms with van der Waals surface area (Å²) in [5.41, 5.74) is 5.05. The first-order valence-electron chi connectivity index (χ1n) is 7.82. The number of hydrogen-bond acceptors (Lipinski definition) is 2. The monoisotopic (exact) mass is 306 g/mol. The van der Waals surface area contributed by atoms with Crippen LogP contribution < -0.4 is 5.32 Å². The predicted octanol–water partition coefficient (Wildman–Crippen LogP) is 3.73. The Hall–Kier alpha value is -2.60. The zero-order valence-electron chi connectivity index (χ0n) is 13.9. The highest BCUT2D eigenvalue weighted by molar-refractivity contribution is 5.95. The minimum absolute atomic E-state index is 0.0267. The van der Waals surface area contributed by atoms with Crippen LogP contribution in [0.15, 0.2) is 42.5 Å². The Bertz CT molecular complexity index is 723. The van der Waals surface area contributed by atoms with E-state index in [1.54, 1.807) is 6.07 Å². The maximum atomic E-state index is 12.5. The van der Waals surface area contributed by atoms with Crippen molar-refractivity contribution in [3.05, 3.63) is 70.3 Å². The van der Waals surface area contributed by atoms with Crippen LogP contribution in [0.1, 0.15) is 39.5 Å². The summed E-state index contributed by atoms with van der Waals surface area (Å²) in [5.74, 6) is -0.118. The highest BCUT2D eigenvalue weighted by Crippen LogP contribution is 2.13. The Balaban J connectivity index is 2.07. The molecule has 0 aliphatic heterocycles. The van der Waals surface area contributed by atoms with E-state index >= 15 is 0 Å². The molecule has 23 heavy (non-hydrogen) atoms. The minimum Gasteiger partial charge on any atom is -0.349 e. The number of hydrogen-bond donors (Lipinski definition) is 1. The van der Waals surface area contributed by atoms with Crippen LogP contribution in [0, 0.1) is 25.2 Å². The molecule has 1 unspecified atom stereocenters. The van der Waals surface area contributed by atoms with Gasteiger partial charge in [-0.1, -0.05) is 47.5 Å². The smallest absolute Gasteiger partial charge is 0.251 e. The standard InChI is InChI=1S/C20H22N2O/c1-14-10-15(2)12-17(11-14)13-16(3)22-20(23)19-7-5-4-6-18(19)8-9-21/h4-7,10-12,16H,8,13H2,1-3H3,(H,22,23). The summed E-state index contributed by atoms with van der Waals surface area (Å²) in [6.07, 6.45) is 1.03. The van der Waals surface area contributed by atoms with Crippen LogP contribution >= 0.6 is 0 Å². The van der Waals surface area contributed by atoms with Gasteiger partial charge < -0.3 is 5.32 Å². The molecule has 2 rings (SSSR count). The summed E-state index contributed by atoms with van der Waals surface area (Å²) in [4.78, 5) is 12.5. The fourth-order valence-electron chi connectivity index (χ4n) is 2.87. The normalized spacial score (nSPS) is 11.6. The summed E-state index contributed by atoms with van der Waals surface area (Å²) in [6, 6.07) is 15.8. The maximum absolute atomic E-state index is 12.5. The average molecular weight is 306 g/mol. The van der Waals surface area contributed by atoms with E-state index in [-0.39, 0.29) is 18.4 Å². The summed E-state index contributed by atoms with van der Waals surface area (Å²) in [6.45, 7) is 6.16. The third kappa shape index (κ3) is 4.69. The van der Waals surface area contributed by atoms with Gasteiger partial charge in [0.05, 0.1) is 12.5 Å². The van der Waals surface area contributed by atoms with E-state index in [1.807, 2.05) is 25.1 Å². The van der Waals surface area contributed by atoms with Crippen molar-refractivity contribution >= 4 is 5.91 Å². The minimum atomic E-state index is -0.118. The fourth-order valence-corrected chi connectivity index (χ4v) is 2.87. The second-order valence-corrected chi connectivity index (χ2v) is 6.07. The van der Waals surface area contributed by atoms with Gasteiger partial charge in [-0.3, -0.25) is 4.79 Å². The van der Waals surface area contributed by atoms with Gasteiger partial charge in [0.1, 0.15) is 0 Å². The molecule has 0 saturated heterocycles. The van der Waals surface area contributed by atoms with Crippen LogP contribution in [-0.2, 0) is 12.8 Å². The zero-order valence-corrected chi connectivity index (χ0v) is 13.9. The largest absolute Gasteiger partial charge is 0.349 e. The van der Waals surface area contributed by atoms with Gasteiger partial charge >= 0.3 is 0 Å². The van der Waals surface area contributed by atoms with Gasteiger partial charge in [0.2, 0.25) is 0 Å². The van der Waals surface area contributed by atoms with Crippen LogP contribution in [-0.4, -0.2) is 11.9 Å². The lowest BCUT2D eigenvalue weighted by Crippen LogP contribution is -2.34. The molecule has 1 N–H and O–H groups in total. The van der Waals surface area contributed by atoms with Crippen LogP contribution in [0.3, 0.4) is 0 Å². The number of amides is 1. The van der Waals surface area contributed by atoms with Crippen molar-refractivity contribution in [3.8, 4) is 6.07 Å². The molecule has 0 radical (unpaired) electrons. The summed E-state index contributed by atoms with van der Waals surface area (Å²) in [7, 11) is 0. The Morgan fingerprint density at radius 3 is 2.48 bits per heavy atom. The third-order valence-corrected chi connectivity index (χ3v) is 3.73. The molecule has 0 aromatic heterocycles. The molecule has 0 spiro atoms. The lowest BCUT2D eigenvalue weighted by atomic mass is 10.0. The van der Waals surface area contributed by atoms with E-state index in [9.17, 15) is 4.79 Å². The second kappa shape index (κ2) is 7.60. The first-order chi connectivity index (χ1) is 11.0. The SMILES string of the molecule is Cc1cc(C)cc(CC(C)NC(=O)c2ccccc2CC#N)c1. The first-order valence-corrected chi connectivity index (χ1v) is 7.82. The maximum Gasteiger partial charge on any atom is 0.251 e. The number of carbonyl (C=O) groups excluding carboxylic acids is 1. The van der Waals surface area contributed by atoms with Crippen LogP contribution in [0.4, 0.5) is 0 Å². The summed E-state index contributed by atoms with van der Waals surface area (Å²) >= 11 is 0. The van der Waals surface area contributed by atoms with E-state index in [0.717, 1.165) is 12.0 Å². The van der Waals surface area contributed by atoms with Gasteiger partial charge in [-0.25, -0.2) is 0 Å². The average Bonchev–Trinajstić information content (AvgIpc) is 2.46. The Labute approximate surface area is 138 Å². The lowest BCUT2D eigenvalue weighted by Gasteiger charge is -2.16. The highest BCUT2D eigenvalue weighted by Gasteiger charge is 2.13. The van der Waals surface area contributed by atoms with E-state index < -0.39 is 0 Å². The van der Waals surface area contributed by atoms with Crippen LogP contribution in [0.25, 0.3) is 0 Å². The topological polar surface area (TPSA) is 52.9 Å². The first kappa shape index (κ1) is 16.8. The third-order valence-electron chi connectivity index (χ3n) is 3.73. The van der Waals surface area contributed by atoms with Gasteiger partial charge in [-0.15, -0.1) is 0 Å². The Kier molecular flexibility index (Phi) is 5.54. The van der Waals surface area contributed by atoms with Crippen LogP contribution in [0.5, 0.6) is 0 Å². The number of benzene rings is 2. The van der Waals surface area contributed by atoms with Crippen molar-refractivity contribution in [2.24, 2.45) is 0 Å². The molecule has 0 aliphatic carbocycles. The molecule has 3 nitrogen and oxygen atoms in total. The summed E-state index contributed by atoms with van der Waals surface area (Å²) < 4.78 is 0. The van der Waals surface area contributed by atoms with E-state index in [0.29, 0.717) is 5.56 Å². The summed E-state index contributed by atoms with van der Waals surface area (Å²) in [5, 5.41) is 11.9. The number of nitriles is 1. The molecule has 118 valence electrons. The molecule has 2 aromatic rings. The number of nitrogens with one attached hydrogen (secondary N) is 1. The molecule has 1 amide bonds. The molecule has 0 heterocycles. The molecule has 0 saturated carbocycles. The van der Waals surface area contributed by atoms with Gasteiger partial charge in [-0.2, -0.15) is 5.26 Å². The van der Waals surface area contributed by atoms with Gasteiger partial charge in [0.15, 0.2) is 0 Å². The predicted molar refractivity (Wildman–Crippen MR) is 92.3 cm³/mol. The molecule has 2 aromatic carbocycles. The van der Waals surface area contributed by atoms with E-state index in [1.165, 1.54) is 16.7 Å². The quantitative estimate of drug-likeness (QED) is 0.915. The highest BCUT2D eigenvalue weighted by atomic mass is 16.1. The lowest BCUT2D eigenvalue weighted by molar-refractivity contribution is 0.0939. The number of aryl methyl sites for hydroxylation is 2. The van der Waals surface area contributed by atoms with Crippen molar-refractivity contribution in [1.29, 1.82) is 5.26 Å². The number of carbonyl (C=O) groups is 1. The zero-order chi connectivity index (χ0) is 16.8. The van der Waals surface area contributed by atoms with Crippen molar-refractivity contribution in [1.82, 2.24) is 5.32 Å². The van der Waals surface area contributed by atoms with E-state index in [2.05, 4.69) is 43.4 Å². The van der Waals surface area contributed by atoms with Gasteiger partial charge in [0.25, 0.3) is 5.91 Å². The van der Waals surface area contributed by atoms with Gasteiger partial charge in [-0.05, 0) is 44.4 Å². The Morgan fingerprint density at radius 1 is 1.17 bits per heavy atom.